The third-order valence-electron chi connectivity index (χ3n) is 4.80. The van der Waals surface area contributed by atoms with E-state index in [9.17, 15) is 13.2 Å². The van der Waals surface area contributed by atoms with Crippen molar-refractivity contribution >= 4 is 61.6 Å². The molecule has 0 saturated carbocycles. The molecule has 0 aliphatic carbocycles. The quantitative estimate of drug-likeness (QED) is 0.602. The number of carbonyl (C=O) groups is 1. The standard InChI is InChI=1S/C20H18Cl2N2O4S2/c1-12-3-2-4-14(7-12)28-17-6-5-13(22)8-15(17)24-16-10-30(26,27)11-18(16)29-20(24)23-19(25)9-21/h2-8,16,18H,9-11H2,1H3. The Kier molecular flexibility index (Phi) is 6.03. The SMILES string of the molecule is Cc1cccc(Oc2ccc(Cl)cc2N2C(=NC(=O)CCl)SC3CS(=O)(=O)CC32)c1. The summed E-state index contributed by atoms with van der Waals surface area (Å²) in [5, 5.41) is 0.628. The zero-order valence-electron chi connectivity index (χ0n) is 15.9. The lowest BCUT2D eigenvalue weighted by Crippen LogP contribution is -2.38. The second-order valence-electron chi connectivity index (χ2n) is 7.12. The fraction of sp³-hybridized carbons (Fsp3) is 0.300. The maximum atomic E-state index is 12.3. The Morgan fingerprint density at radius 3 is 2.80 bits per heavy atom. The van der Waals surface area contributed by atoms with Gasteiger partial charge in [0.25, 0.3) is 5.91 Å². The molecule has 158 valence electrons. The number of hydrogen-bond donors (Lipinski definition) is 0. The van der Waals surface area contributed by atoms with Crippen molar-refractivity contribution in [2.24, 2.45) is 4.99 Å². The van der Waals surface area contributed by atoms with E-state index in [2.05, 4.69) is 4.99 Å². The zero-order valence-corrected chi connectivity index (χ0v) is 19.1. The first-order valence-electron chi connectivity index (χ1n) is 9.13. The summed E-state index contributed by atoms with van der Waals surface area (Å²) in [6.45, 7) is 1.96. The molecule has 0 aromatic heterocycles. The van der Waals surface area contributed by atoms with Crippen LogP contribution in [0.4, 0.5) is 5.69 Å². The number of amidine groups is 1. The van der Waals surface area contributed by atoms with Crippen LogP contribution in [-0.4, -0.2) is 48.2 Å². The number of benzene rings is 2. The normalized spacial score (nSPS) is 23.6. The summed E-state index contributed by atoms with van der Waals surface area (Å²) in [5.41, 5.74) is 1.60. The van der Waals surface area contributed by atoms with E-state index in [0.717, 1.165) is 5.56 Å². The number of carbonyl (C=O) groups excluding carboxylic acids is 1. The highest BCUT2D eigenvalue weighted by molar-refractivity contribution is 8.16. The number of fused-ring (bicyclic) bond motifs is 1. The lowest BCUT2D eigenvalue weighted by atomic mass is 10.2. The van der Waals surface area contributed by atoms with Crippen LogP contribution < -0.4 is 9.64 Å². The Morgan fingerprint density at radius 2 is 2.07 bits per heavy atom. The van der Waals surface area contributed by atoms with Gasteiger partial charge < -0.3 is 9.64 Å². The van der Waals surface area contributed by atoms with E-state index in [1.165, 1.54) is 11.8 Å². The van der Waals surface area contributed by atoms with Gasteiger partial charge in [-0.2, -0.15) is 4.99 Å². The van der Waals surface area contributed by atoms with E-state index >= 15 is 0 Å². The Labute approximate surface area is 189 Å². The number of halogens is 2. The summed E-state index contributed by atoms with van der Waals surface area (Å²) in [7, 11) is -3.19. The number of nitrogens with zero attached hydrogens (tertiary/aromatic N) is 2. The Balaban J connectivity index is 1.80. The van der Waals surface area contributed by atoms with Crippen molar-refractivity contribution in [1.82, 2.24) is 0 Å². The van der Waals surface area contributed by atoms with Crippen molar-refractivity contribution in [2.45, 2.75) is 18.2 Å². The largest absolute Gasteiger partial charge is 0.455 e. The van der Waals surface area contributed by atoms with Crippen LogP contribution in [0.2, 0.25) is 5.02 Å². The van der Waals surface area contributed by atoms with Crippen molar-refractivity contribution in [3.63, 3.8) is 0 Å². The van der Waals surface area contributed by atoms with Gasteiger partial charge in [0.1, 0.15) is 11.6 Å². The fourth-order valence-electron chi connectivity index (χ4n) is 3.55. The number of aliphatic imine (C=N–C) groups is 1. The number of hydrogen-bond acceptors (Lipinski definition) is 5. The number of alkyl halides is 1. The van der Waals surface area contributed by atoms with Crippen molar-refractivity contribution in [3.8, 4) is 11.5 Å². The lowest BCUT2D eigenvalue weighted by Gasteiger charge is -2.26. The van der Waals surface area contributed by atoms with Crippen LogP contribution in [0.1, 0.15) is 5.56 Å². The summed E-state index contributed by atoms with van der Waals surface area (Å²) in [6.07, 6.45) is 0. The number of thioether (sulfide) groups is 1. The van der Waals surface area contributed by atoms with Gasteiger partial charge in [0.05, 0.1) is 23.2 Å². The minimum Gasteiger partial charge on any atom is -0.455 e. The molecular formula is C20H18Cl2N2O4S2. The number of ether oxygens (including phenoxy) is 1. The highest BCUT2D eigenvalue weighted by Gasteiger charge is 2.50. The van der Waals surface area contributed by atoms with Gasteiger partial charge in [0.2, 0.25) is 0 Å². The number of sulfone groups is 1. The molecule has 0 N–H and O–H groups in total. The topological polar surface area (TPSA) is 76.0 Å². The smallest absolute Gasteiger partial charge is 0.262 e. The van der Waals surface area contributed by atoms with Crippen LogP contribution in [0.5, 0.6) is 11.5 Å². The molecule has 0 spiro atoms. The van der Waals surface area contributed by atoms with E-state index in [0.29, 0.717) is 27.4 Å². The van der Waals surface area contributed by atoms with Crippen molar-refractivity contribution in [1.29, 1.82) is 0 Å². The first-order chi connectivity index (χ1) is 14.3. The highest BCUT2D eigenvalue weighted by atomic mass is 35.5. The molecule has 2 aliphatic heterocycles. The van der Waals surface area contributed by atoms with Gasteiger partial charge in [-0.05, 0) is 42.8 Å². The van der Waals surface area contributed by atoms with E-state index in [1.54, 1.807) is 23.1 Å². The highest BCUT2D eigenvalue weighted by Crippen LogP contribution is 2.45. The number of anilines is 1. The number of aryl methyl sites for hydroxylation is 1. The molecule has 2 heterocycles. The summed E-state index contributed by atoms with van der Waals surface area (Å²) in [5.74, 6) is 0.373. The van der Waals surface area contributed by atoms with Crippen molar-refractivity contribution in [2.75, 3.05) is 22.3 Å². The van der Waals surface area contributed by atoms with Gasteiger partial charge >= 0.3 is 0 Å². The van der Waals surface area contributed by atoms with E-state index in [-0.39, 0.29) is 28.7 Å². The molecule has 2 atom stereocenters. The van der Waals surface area contributed by atoms with Gasteiger partial charge in [-0.15, -0.1) is 11.6 Å². The first kappa shape index (κ1) is 21.5. The van der Waals surface area contributed by atoms with Gasteiger partial charge in [-0.1, -0.05) is 35.5 Å². The molecule has 30 heavy (non-hydrogen) atoms. The summed E-state index contributed by atoms with van der Waals surface area (Å²) >= 11 is 13.2. The number of amides is 1. The monoisotopic (exact) mass is 484 g/mol. The van der Waals surface area contributed by atoms with Crippen molar-refractivity contribution in [3.05, 3.63) is 53.1 Å². The molecule has 4 rings (SSSR count). The molecular weight excluding hydrogens is 467 g/mol. The van der Waals surface area contributed by atoms with Crippen LogP contribution in [0.15, 0.2) is 47.5 Å². The molecule has 2 saturated heterocycles. The molecule has 10 heteroatoms. The van der Waals surface area contributed by atoms with E-state index in [1.807, 2.05) is 31.2 Å². The maximum absolute atomic E-state index is 12.3. The second-order valence-corrected chi connectivity index (χ2v) is 11.2. The van der Waals surface area contributed by atoms with Crippen LogP contribution in [0.25, 0.3) is 0 Å². The third kappa shape index (κ3) is 4.46. The van der Waals surface area contributed by atoms with E-state index in [4.69, 9.17) is 27.9 Å². The molecule has 1 amide bonds. The number of rotatable bonds is 4. The maximum Gasteiger partial charge on any atom is 0.262 e. The predicted molar refractivity (Wildman–Crippen MR) is 122 cm³/mol. The summed E-state index contributed by atoms with van der Waals surface area (Å²) < 4.78 is 30.6. The van der Waals surface area contributed by atoms with Crippen LogP contribution in [0.3, 0.4) is 0 Å². The molecule has 2 aliphatic rings. The molecule has 2 unspecified atom stereocenters. The third-order valence-corrected chi connectivity index (χ3v) is 8.47. The average molecular weight is 485 g/mol. The van der Waals surface area contributed by atoms with E-state index < -0.39 is 15.7 Å². The predicted octanol–water partition coefficient (Wildman–Crippen LogP) is 4.28. The average Bonchev–Trinajstić information content (AvgIpc) is 3.14. The van der Waals surface area contributed by atoms with Gasteiger partial charge in [-0.3, -0.25) is 4.79 Å². The molecule has 0 radical (unpaired) electrons. The summed E-state index contributed by atoms with van der Waals surface area (Å²) in [6, 6.07) is 12.3. The van der Waals surface area contributed by atoms with Gasteiger partial charge in [-0.25, -0.2) is 8.42 Å². The fourth-order valence-corrected chi connectivity index (χ4v) is 7.70. The molecule has 2 aromatic carbocycles. The summed E-state index contributed by atoms with van der Waals surface area (Å²) in [4.78, 5) is 17.8. The minimum absolute atomic E-state index is 0.0293. The van der Waals surface area contributed by atoms with Gasteiger partial charge in [0, 0.05) is 10.3 Å². The van der Waals surface area contributed by atoms with Gasteiger partial charge in [0.15, 0.2) is 20.8 Å². The Hall–Kier alpha value is -1.74. The minimum atomic E-state index is -3.19. The molecule has 2 aromatic rings. The Bertz CT molecular complexity index is 1140. The molecule has 2 fully saturated rings. The Morgan fingerprint density at radius 1 is 1.27 bits per heavy atom. The first-order valence-corrected chi connectivity index (χ1v) is 12.7. The zero-order chi connectivity index (χ0) is 21.5. The van der Waals surface area contributed by atoms with Crippen LogP contribution in [-0.2, 0) is 14.6 Å². The molecule has 6 nitrogen and oxygen atoms in total. The lowest BCUT2D eigenvalue weighted by molar-refractivity contribution is -0.115. The second kappa shape index (κ2) is 8.42. The van der Waals surface area contributed by atoms with Crippen LogP contribution >= 0.6 is 35.0 Å². The molecule has 0 bridgehead atoms. The van der Waals surface area contributed by atoms with Crippen molar-refractivity contribution < 1.29 is 17.9 Å². The van der Waals surface area contributed by atoms with Crippen LogP contribution in [0, 0.1) is 6.92 Å².